The zero-order chi connectivity index (χ0) is 16.4. The molecule has 118 valence electrons. The van der Waals surface area contributed by atoms with Crippen molar-refractivity contribution in [3.05, 3.63) is 32.5 Å². The van der Waals surface area contributed by atoms with Gasteiger partial charge < -0.3 is 9.88 Å². The lowest BCUT2D eigenvalue weighted by atomic mass is 9.99. The Morgan fingerprint density at radius 2 is 2.39 bits per heavy atom. The first-order valence-electron chi connectivity index (χ1n) is 7.29. The van der Waals surface area contributed by atoms with Crippen LogP contribution >= 0.6 is 11.3 Å². The second kappa shape index (κ2) is 6.30. The maximum atomic E-state index is 12.5. The molecule has 7 nitrogen and oxygen atoms in total. The Labute approximate surface area is 136 Å². The molecule has 1 N–H and O–H groups in total. The summed E-state index contributed by atoms with van der Waals surface area (Å²) < 4.78 is 0. The largest absolute Gasteiger partial charge is 0.337 e. The van der Waals surface area contributed by atoms with Crippen LogP contribution in [-0.4, -0.2) is 38.8 Å². The van der Waals surface area contributed by atoms with Gasteiger partial charge in [0, 0.05) is 24.7 Å². The number of H-pyrrole nitrogens is 1. The van der Waals surface area contributed by atoms with Crippen molar-refractivity contribution in [1.82, 2.24) is 19.9 Å². The Morgan fingerprint density at radius 3 is 3.04 bits per heavy atom. The van der Waals surface area contributed by atoms with E-state index in [9.17, 15) is 9.59 Å². The number of carbonyl (C=O) groups excluding carboxylic acids is 1. The Bertz CT molecular complexity index is 835. The molecule has 1 fully saturated rings. The summed E-state index contributed by atoms with van der Waals surface area (Å²) in [7, 11) is 0. The van der Waals surface area contributed by atoms with Gasteiger partial charge in [-0.2, -0.15) is 5.26 Å². The zero-order valence-electron chi connectivity index (χ0n) is 12.6. The molecule has 1 aliphatic rings. The average Bonchev–Trinajstić information content (AvgIpc) is 3.00. The van der Waals surface area contributed by atoms with Gasteiger partial charge in [0.05, 0.1) is 17.0 Å². The summed E-state index contributed by atoms with van der Waals surface area (Å²) in [6, 6.07) is 2.19. The smallest absolute Gasteiger partial charge is 0.264 e. The van der Waals surface area contributed by atoms with Gasteiger partial charge in [-0.1, -0.05) is 0 Å². The highest BCUT2D eigenvalue weighted by atomic mass is 32.1. The fourth-order valence-corrected chi connectivity index (χ4v) is 3.18. The predicted octanol–water partition coefficient (Wildman–Crippen LogP) is 1.58. The number of carbonyl (C=O) groups is 1. The topological polar surface area (TPSA) is 103 Å². The van der Waals surface area contributed by atoms with E-state index in [-0.39, 0.29) is 17.4 Å². The lowest BCUT2D eigenvalue weighted by Gasteiger charge is -2.29. The van der Waals surface area contributed by atoms with Gasteiger partial charge in [-0.25, -0.2) is 9.97 Å². The first-order valence-corrected chi connectivity index (χ1v) is 8.17. The van der Waals surface area contributed by atoms with Crippen LogP contribution in [0.15, 0.2) is 16.4 Å². The zero-order valence-corrected chi connectivity index (χ0v) is 13.4. The van der Waals surface area contributed by atoms with Crippen molar-refractivity contribution < 1.29 is 4.79 Å². The molecule has 0 aliphatic carbocycles. The van der Waals surface area contributed by atoms with Crippen LogP contribution in [0.25, 0.3) is 11.5 Å². The van der Waals surface area contributed by atoms with Crippen molar-refractivity contribution in [2.75, 3.05) is 13.1 Å². The molecular weight excluding hydrogens is 314 g/mol. The summed E-state index contributed by atoms with van der Waals surface area (Å²) in [6.45, 7) is 2.79. The van der Waals surface area contributed by atoms with Crippen LogP contribution in [0.2, 0.25) is 0 Å². The van der Waals surface area contributed by atoms with Crippen molar-refractivity contribution in [3.8, 4) is 17.6 Å². The monoisotopic (exact) mass is 329 g/mol. The average molecular weight is 329 g/mol. The summed E-state index contributed by atoms with van der Waals surface area (Å²) in [4.78, 5) is 37.3. The van der Waals surface area contributed by atoms with Crippen LogP contribution in [0.1, 0.15) is 28.2 Å². The van der Waals surface area contributed by atoms with Gasteiger partial charge in [0.1, 0.15) is 11.3 Å². The molecule has 8 heteroatoms. The van der Waals surface area contributed by atoms with E-state index in [1.54, 1.807) is 10.3 Å². The van der Waals surface area contributed by atoms with E-state index in [4.69, 9.17) is 5.26 Å². The minimum Gasteiger partial charge on any atom is -0.337 e. The minimum atomic E-state index is -0.482. The van der Waals surface area contributed by atoms with E-state index in [0.717, 1.165) is 17.8 Å². The number of likely N-dealkylation sites (tertiary alicyclic amines) is 1. The molecule has 2 aromatic heterocycles. The van der Waals surface area contributed by atoms with Crippen LogP contribution in [0.4, 0.5) is 0 Å². The number of hydrogen-bond donors (Lipinski definition) is 1. The number of nitrogens with one attached hydrogen (secondary N) is 1. The predicted molar refractivity (Wildman–Crippen MR) is 84.9 cm³/mol. The highest BCUT2D eigenvalue weighted by molar-refractivity contribution is 7.09. The maximum Gasteiger partial charge on any atom is 0.264 e. The van der Waals surface area contributed by atoms with Crippen molar-refractivity contribution in [3.63, 3.8) is 0 Å². The molecule has 1 aliphatic heterocycles. The van der Waals surface area contributed by atoms with E-state index in [2.05, 4.69) is 21.0 Å². The Hall–Kier alpha value is -2.53. The number of rotatable bonds is 2. The number of aromatic nitrogens is 3. The number of thiazole rings is 1. The quantitative estimate of drug-likeness (QED) is 0.901. The molecule has 1 saturated heterocycles. The lowest BCUT2D eigenvalue weighted by Crippen LogP contribution is -2.41. The molecule has 0 saturated carbocycles. The van der Waals surface area contributed by atoms with E-state index in [0.29, 0.717) is 24.6 Å². The Balaban J connectivity index is 1.85. The molecule has 3 heterocycles. The summed E-state index contributed by atoms with van der Waals surface area (Å²) >= 11 is 1.46. The number of piperidine rings is 1. The number of amides is 1. The number of hydrogen-bond acceptors (Lipinski definition) is 6. The molecule has 2 aromatic rings. The molecule has 1 amide bonds. The maximum absolute atomic E-state index is 12.5. The van der Waals surface area contributed by atoms with Gasteiger partial charge in [-0.15, -0.1) is 11.3 Å². The number of nitriles is 1. The first-order chi connectivity index (χ1) is 11.1. The second-order valence-electron chi connectivity index (χ2n) is 5.45. The van der Waals surface area contributed by atoms with Gasteiger partial charge in [-0.3, -0.25) is 9.59 Å². The Morgan fingerprint density at radius 1 is 1.57 bits per heavy atom. The van der Waals surface area contributed by atoms with E-state index < -0.39 is 5.56 Å². The standard InChI is InChI=1S/C15H15N5O2S/c1-9-18-12(8-23-9)13-17-6-11(14(21)19-13)15(22)20-4-2-3-10(5-16)7-20/h6,8,10H,2-4,7H2,1H3,(H,17,19,21)/t10-/m1/s1. The summed E-state index contributed by atoms with van der Waals surface area (Å²) in [5.74, 6) is -0.193. The number of aromatic amines is 1. The van der Waals surface area contributed by atoms with Gasteiger partial charge >= 0.3 is 0 Å². The molecule has 0 spiro atoms. The normalized spacial score (nSPS) is 17.7. The third-order valence-corrected chi connectivity index (χ3v) is 4.56. The minimum absolute atomic E-state index is 0.000656. The van der Waals surface area contributed by atoms with Crippen LogP contribution in [0.5, 0.6) is 0 Å². The van der Waals surface area contributed by atoms with E-state index in [1.807, 2.05) is 6.92 Å². The molecule has 0 unspecified atom stereocenters. The van der Waals surface area contributed by atoms with Crippen molar-refractivity contribution in [2.24, 2.45) is 5.92 Å². The van der Waals surface area contributed by atoms with Crippen LogP contribution < -0.4 is 5.56 Å². The molecule has 1 atom stereocenters. The van der Waals surface area contributed by atoms with Crippen molar-refractivity contribution in [1.29, 1.82) is 5.26 Å². The van der Waals surface area contributed by atoms with E-state index in [1.165, 1.54) is 17.5 Å². The van der Waals surface area contributed by atoms with Crippen LogP contribution in [-0.2, 0) is 0 Å². The fraction of sp³-hybridized carbons (Fsp3) is 0.400. The molecule has 3 rings (SSSR count). The van der Waals surface area contributed by atoms with Crippen LogP contribution in [0, 0.1) is 24.2 Å². The van der Waals surface area contributed by atoms with Gasteiger partial charge in [0.2, 0.25) is 0 Å². The lowest BCUT2D eigenvalue weighted by molar-refractivity contribution is 0.0696. The van der Waals surface area contributed by atoms with Gasteiger partial charge in [0.15, 0.2) is 5.82 Å². The molecule has 0 bridgehead atoms. The summed E-state index contributed by atoms with van der Waals surface area (Å²) in [5, 5.41) is 11.7. The Kier molecular flexibility index (Phi) is 4.21. The van der Waals surface area contributed by atoms with Gasteiger partial charge in [0.25, 0.3) is 11.5 Å². The highest BCUT2D eigenvalue weighted by Gasteiger charge is 2.26. The van der Waals surface area contributed by atoms with Crippen molar-refractivity contribution >= 4 is 17.2 Å². The third kappa shape index (κ3) is 3.14. The molecule has 0 radical (unpaired) electrons. The second-order valence-corrected chi connectivity index (χ2v) is 6.51. The number of aryl methyl sites for hydroxylation is 1. The highest BCUT2D eigenvalue weighted by Crippen LogP contribution is 2.18. The summed E-state index contributed by atoms with van der Waals surface area (Å²) in [5.41, 5.74) is 0.107. The SMILES string of the molecule is Cc1nc(-c2ncc(C(=O)N3CCC[C@H](C#N)C3)c(=O)[nH]2)cs1. The molecule has 0 aromatic carbocycles. The van der Waals surface area contributed by atoms with E-state index >= 15 is 0 Å². The summed E-state index contributed by atoms with van der Waals surface area (Å²) in [6.07, 6.45) is 2.85. The number of nitrogens with zero attached hydrogens (tertiary/aromatic N) is 4. The van der Waals surface area contributed by atoms with Crippen LogP contribution in [0.3, 0.4) is 0 Å². The molecule has 23 heavy (non-hydrogen) atoms. The third-order valence-electron chi connectivity index (χ3n) is 3.78. The molecular formula is C15H15N5O2S. The van der Waals surface area contributed by atoms with Gasteiger partial charge in [-0.05, 0) is 19.8 Å². The first kappa shape index (κ1) is 15.4. The van der Waals surface area contributed by atoms with Crippen molar-refractivity contribution in [2.45, 2.75) is 19.8 Å². The fourth-order valence-electron chi connectivity index (χ4n) is 2.59.